The number of rotatable bonds is 6. The van der Waals surface area contributed by atoms with Crippen molar-refractivity contribution in [2.75, 3.05) is 17.2 Å². The number of aliphatic hydroxyl groups is 1. The van der Waals surface area contributed by atoms with Crippen molar-refractivity contribution in [3.05, 3.63) is 49.1 Å². The zero-order valence-electron chi connectivity index (χ0n) is 16.2. The van der Waals surface area contributed by atoms with Gasteiger partial charge in [0.25, 0.3) is 0 Å². The molecule has 0 saturated heterocycles. The fourth-order valence-corrected chi connectivity index (χ4v) is 4.72. The fourth-order valence-electron chi connectivity index (χ4n) is 3.74. The van der Waals surface area contributed by atoms with Gasteiger partial charge >= 0.3 is 0 Å². The van der Waals surface area contributed by atoms with Crippen LogP contribution >= 0.6 is 11.3 Å². The predicted octanol–water partition coefficient (Wildman–Crippen LogP) is 3.86. The second-order valence-electron chi connectivity index (χ2n) is 7.37. The number of fused-ring (bicyclic) bond motifs is 1. The number of benzene rings is 1. The molecule has 2 unspecified atom stereocenters. The summed E-state index contributed by atoms with van der Waals surface area (Å²) < 4.78 is 1.13. The van der Waals surface area contributed by atoms with Gasteiger partial charge in [-0.25, -0.2) is 19.9 Å². The van der Waals surface area contributed by atoms with Crippen molar-refractivity contribution in [2.45, 2.75) is 25.3 Å². The smallest absolute Gasteiger partial charge is 0.230 e. The lowest BCUT2D eigenvalue weighted by atomic mass is 10.1. The highest BCUT2D eigenvalue weighted by atomic mass is 32.1. The second-order valence-corrected chi connectivity index (χ2v) is 8.40. The van der Waals surface area contributed by atoms with E-state index in [1.807, 2.05) is 18.2 Å². The molecule has 4 aromatic rings. The molecule has 1 saturated carbocycles. The summed E-state index contributed by atoms with van der Waals surface area (Å²) in [6, 6.07) is 10.1. The summed E-state index contributed by atoms with van der Waals surface area (Å²) in [5, 5.41) is 17.1. The highest BCUT2D eigenvalue weighted by molar-refractivity contribution is 7.21. The minimum atomic E-state index is 0.229. The molecular formula is C21H21N7OS. The van der Waals surface area contributed by atoms with E-state index < -0.39 is 0 Å². The van der Waals surface area contributed by atoms with Crippen LogP contribution in [0.5, 0.6) is 0 Å². The van der Waals surface area contributed by atoms with Crippen LogP contribution in [0.1, 0.15) is 19.3 Å². The largest absolute Gasteiger partial charge is 0.396 e. The van der Waals surface area contributed by atoms with Gasteiger partial charge in [-0.15, -0.1) is 11.3 Å². The summed E-state index contributed by atoms with van der Waals surface area (Å²) >= 11 is 1.63. The summed E-state index contributed by atoms with van der Waals surface area (Å²) in [4.78, 5) is 22.1. The molecule has 30 heavy (non-hydrogen) atoms. The standard InChI is InChI=1S/C21H21N7OS/c29-11-13-5-6-14(9-13)25-19-15(20-26-16-3-1-2-4-17(16)30-20)10-23-21(28-19)27-18-7-8-22-12-24-18/h1-4,7-8,10,12-14,29H,5-6,9,11H2,(H2,22,23,24,25,27,28). The van der Waals surface area contributed by atoms with Crippen LogP contribution in [0.15, 0.2) is 49.1 Å². The quantitative estimate of drug-likeness (QED) is 0.432. The Hall–Kier alpha value is -3.17. The molecule has 9 heteroatoms. The monoisotopic (exact) mass is 419 g/mol. The van der Waals surface area contributed by atoms with Crippen LogP contribution in [0.25, 0.3) is 20.8 Å². The Labute approximate surface area is 177 Å². The Kier molecular flexibility index (Phi) is 5.20. The SMILES string of the molecule is OCC1CCC(Nc2nc(Nc3ccncn3)ncc2-c2nc3ccccc3s2)C1. The molecule has 0 spiro atoms. The van der Waals surface area contributed by atoms with Crippen molar-refractivity contribution < 1.29 is 5.11 Å². The third-order valence-corrected chi connectivity index (χ3v) is 6.34. The highest BCUT2D eigenvalue weighted by Crippen LogP contribution is 2.36. The molecule has 1 aliphatic rings. The van der Waals surface area contributed by atoms with Gasteiger partial charge in [0.1, 0.15) is 23.0 Å². The van der Waals surface area contributed by atoms with E-state index in [1.165, 1.54) is 6.33 Å². The van der Waals surface area contributed by atoms with Crippen LogP contribution in [0.2, 0.25) is 0 Å². The van der Waals surface area contributed by atoms with Gasteiger partial charge < -0.3 is 15.7 Å². The number of para-hydroxylation sites is 1. The van der Waals surface area contributed by atoms with E-state index in [4.69, 9.17) is 9.97 Å². The number of hydrogen-bond acceptors (Lipinski definition) is 9. The van der Waals surface area contributed by atoms with Crippen molar-refractivity contribution >= 4 is 39.1 Å². The van der Waals surface area contributed by atoms with Gasteiger partial charge in [0.05, 0.1) is 15.8 Å². The van der Waals surface area contributed by atoms with E-state index in [2.05, 4.69) is 31.7 Å². The minimum Gasteiger partial charge on any atom is -0.396 e. The summed E-state index contributed by atoms with van der Waals surface area (Å²) in [6.07, 6.45) is 7.89. The molecule has 5 rings (SSSR count). The van der Waals surface area contributed by atoms with Crippen molar-refractivity contribution in [1.29, 1.82) is 0 Å². The average Bonchev–Trinajstić information content (AvgIpc) is 3.41. The summed E-state index contributed by atoms with van der Waals surface area (Å²) in [5.41, 5.74) is 1.84. The Bertz CT molecular complexity index is 1120. The summed E-state index contributed by atoms with van der Waals surface area (Å²) in [6.45, 7) is 0.229. The number of anilines is 3. The van der Waals surface area contributed by atoms with E-state index in [-0.39, 0.29) is 12.6 Å². The predicted molar refractivity (Wildman–Crippen MR) is 118 cm³/mol. The molecule has 152 valence electrons. The lowest BCUT2D eigenvalue weighted by Gasteiger charge is -2.16. The maximum atomic E-state index is 9.49. The summed E-state index contributed by atoms with van der Waals surface area (Å²) in [5.74, 6) is 2.17. The number of nitrogens with zero attached hydrogens (tertiary/aromatic N) is 5. The Morgan fingerprint density at radius 2 is 2.03 bits per heavy atom. The topological polar surface area (TPSA) is 109 Å². The van der Waals surface area contributed by atoms with Crippen molar-refractivity contribution in [3.63, 3.8) is 0 Å². The number of aliphatic hydroxyl groups excluding tert-OH is 1. The molecule has 8 nitrogen and oxygen atoms in total. The molecule has 0 amide bonds. The normalized spacial score (nSPS) is 18.6. The number of hydrogen-bond donors (Lipinski definition) is 3. The lowest BCUT2D eigenvalue weighted by Crippen LogP contribution is -2.18. The maximum absolute atomic E-state index is 9.49. The number of aromatic nitrogens is 5. The molecule has 1 fully saturated rings. The third-order valence-electron chi connectivity index (χ3n) is 5.28. The van der Waals surface area contributed by atoms with Gasteiger partial charge in [-0.3, -0.25) is 0 Å². The Morgan fingerprint density at radius 3 is 2.83 bits per heavy atom. The van der Waals surface area contributed by atoms with Crippen molar-refractivity contribution in [3.8, 4) is 10.6 Å². The van der Waals surface area contributed by atoms with E-state index in [0.717, 1.165) is 45.9 Å². The third kappa shape index (κ3) is 3.94. The van der Waals surface area contributed by atoms with E-state index in [1.54, 1.807) is 29.8 Å². The van der Waals surface area contributed by atoms with E-state index >= 15 is 0 Å². The van der Waals surface area contributed by atoms with Gasteiger partial charge in [-0.1, -0.05) is 12.1 Å². The van der Waals surface area contributed by atoms with E-state index in [9.17, 15) is 5.11 Å². The van der Waals surface area contributed by atoms with Crippen LogP contribution in [-0.2, 0) is 0 Å². The first kappa shape index (κ1) is 18.8. The fraction of sp³-hybridized carbons (Fsp3) is 0.286. The van der Waals surface area contributed by atoms with Crippen molar-refractivity contribution in [2.24, 2.45) is 5.92 Å². The summed E-state index contributed by atoms with van der Waals surface area (Å²) in [7, 11) is 0. The van der Waals surface area contributed by atoms with Gasteiger partial charge in [0.15, 0.2) is 0 Å². The lowest BCUT2D eigenvalue weighted by molar-refractivity contribution is 0.229. The molecule has 0 bridgehead atoms. The van der Waals surface area contributed by atoms with Gasteiger partial charge in [0.2, 0.25) is 5.95 Å². The van der Waals surface area contributed by atoms with Crippen LogP contribution in [-0.4, -0.2) is 42.7 Å². The molecular weight excluding hydrogens is 398 g/mol. The zero-order chi connectivity index (χ0) is 20.3. The van der Waals surface area contributed by atoms with Crippen LogP contribution in [0.3, 0.4) is 0 Å². The first-order valence-electron chi connectivity index (χ1n) is 9.92. The van der Waals surface area contributed by atoms with Gasteiger partial charge in [-0.05, 0) is 43.4 Å². The number of thiazole rings is 1. The van der Waals surface area contributed by atoms with Gasteiger partial charge in [0, 0.05) is 25.0 Å². The maximum Gasteiger partial charge on any atom is 0.230 e. The molecule has 2 atom stereocenters. The number of nitrogens with one attached hydrogen (secondary N) is 2. The Balaban J connectivity index is 1.49. The highest BCUT2D eigenvalue weighted by Gasteiger charge is 2.26. The zero-order valence-corrected chi connectivity index (χ0v) is 17.0. The van der Waals surface area contributed by atoms with Crippen LogP contribution < -0.4 is 10.6 Å². The molecule has 3 heterocycles. The molecule has 1 aliphatic carbocycles. The molecule has 3 aromatic heterocycles. The van der Waals surface area contributed by atoms with Crippen LogP contribution in [0, 0.1) is 5.92 Å². The van der Waals surface area contributed by atoms with Crippen LogP contribution in [0.4, 0.5) is 17.6 Å². The molecule has 1 aromatic carbocycles. The van der Waals surface area contributed by atoms with Crippen molar-refractivity contribution in [1.82, 2.24) is 24.9 Å². The van der Waals surface area contributed by atoms with E-state index in [0.29, 0.717) is 17.7 Å². The molecule has 0 aliphatic heterocycles. The second kappa shape index (κ2) is 8.29. The molecule has 3 N–H and O–H groups in total. The van der Waals surface area contributed by atoms with Gasteiger partial charge in [-0.2, -0.15) is 4.98 Å². The Morgan fingerprint density at radius 1 is 1.10 bits per heavy atom. The first-order chi connectivity index (χ1) is 14.8. The molecule has 0 radical (unpaired) electrons. The first-order valence-corrected chi connectivity index (χ1v) is 10.7. The minimum absolute atomic E-state index is 0.229. The average molecular weight is 420 g/mol.